The lowest BCUT2D eigenvalue weighted by atomic mass is 9.22. The molecular formula is C98H92B2N4OS. The topological polar surface area (TPSA) is 22.2 Å². The largest absolute Gasteiger partial charge is 0.458 e. The Morgan fingerprint density at radius 1 is 0.453 bits per heavy atom. The molecule has 4 aliphatic heterocycles. The van der Waals surface area contributed by atoms with Crippen LogP contribution in [0, 0.1) is 0 Å². The van der Waals surface area contributed by atoms with Gasteiger partial charge in [0.25, 0.3) is 0 Å². The summed E-state index contributed by atoms with van der Waals surface area (Å²) in [4.78, 5) is 12.6. The average molecular weight is 1400 g/mol. The molecule has 19 rings (SSSR count). The summed E-state index contributed by atoms with van der Waals surface area (Å²) in [7, 11) is 0. The molecule has 7 atom stereocenters. The zero-order chi connectivity index (χ0) is 71.4. The number of nitrogens with zero attached hydrogens (tertiary/aromatic N) is 4. The first-order valence-corrected chi connectivity index (χ1v) is 40.1. The summed E-state index contributed by atoms with van der Waals surface area (Å²) in [6.45, 7) is 14.3. The quantitative estimate of drug-likeness (QED) is 0.0892. The zero-order valence-electron chi connectivity index (χ0n) is 61.9. The van der Waals surface area contributed by atoms with Crippen molar-refractivity contribution in [1.82, 2.24) is 0 Å². The molecule has 0 amide bonds. The van der Waals surface area contributed by atoms with Crippen molar-refractivity contribution in [2.75, 3.05) is 19.6 Å². The van der Waals surface area contributed by atoms with Crippen LogP contribution in [0.5, 0.6) is 11.5 Å². The third-order valence-electron chi connectivity index (χ3n) is 24.8. The fourth-order valence-electron chi connectivity index (χ4n) is 19.8. The van der Waals surface area contributed by atoms with E-state index in [2.05, 4.69) is 376 Å². The Morgan fingerprint density at radius 2 is 1.03 bits per heavy atom. The fraction of sp³-hybridized carbons (Fsp3) is 0.245. The molecule has 4 aliphatic carbocycles. The first-order valence-electron chi connectivity index (χ1n) is 39.2. The van der Waals surface area contributed by atoms with Crippen LogP contribution < -0.4 is 35.3 Å². The minimum atomic E-state index is -0.103. The highest BCUT2D eigenvalue weighted by atomic mass is 32.2. The summed E-state index contributed by atoms with van der Waals surface area (Å²) in [5, 5.41) is 0.0778. The number of hydrogen-bond acceptors (Lipinski definition) is 6. The van der Waals surface area contributed by atoms with Crippen molar-refractivity contribution < 1.29 is 4.74 Å². The van der Waals surface area contributed by atoms with E-state index in [0.717, 1.165) is 30.8 Å². The maximum absolute atomic E-state index is 7.36. The van der Waals surface area contributed by atoms with E-state index in [-0.39, 0.29) is 65.1 Å². The fourth-order valence-corrected chi connectivity index (χ4v) is 21.3. The maximum atomic E-state index is 7.36. The molecule has 8 aliphatic rings. The first kappa shape index (κ1) is 66.5. The summed E-state index contributed by atoms with van der Waals surface area (Å²) in [5.41, 5.74) is 26.7. The third kappa shape index (κ3) is 11.8. The van der Waals surface area contributed by atoms with Gasteiger partial charge in [0.05, 0.1) is 11.7 Å². The number of allylic oxidation sites excluding steroid dienone is 3. The average Bonchev–Trinajstić information content (AvgIpc) is 0.691. The monoisotopic (exact) mass is 1390 g/mol. The van der Waals surface area contributed by atoms with E-state index >= 15 is 0 Å². The Morgan fingerprint density at radius 3 is 1.70 bits per heavy atom. The molecule has 11 aromatic rings. The van der Waals surface area contributed by atoms with Gasteiger partial charge in [-0.1, -0.05) is 291 Å². The van der Waals surface area contributed by atoms with Gasteiger partial charge in [0.2, 0.25) is 6.71 Å². The zero-order valence-corrected chi connectivity index (χ0v) is 62.7. The van der Waals surface area contributed by atoms with Crippen LogP contribution in [-0.4, -0.2) is 42.8 Å². The minimum Gasteiger partial charge on any atom is -0.458 e. The van der Waals surface area contributed by atoms with Gasteiger partial charge in [-0.3, -0.25) is 0 Å². The van der Waals surface area contributed by atoms with Gasteiger partial charge in [0.15, 0.2) is 6.71 Å². The molecule has 0 radical (unpaired) electrons. The molecule has 11 aromatic carbocycles. The van der Waals surface area contributed by atoms with Crippen LogP contribution in [-0.2, 0) is 10.8 Å². The molecule has 0 bridgehead atoms. The number of para-hydroxylation sites is 4. The maximum Gasteiger partial charge on any atom is 0.228 e. The van der Waals surface area contributed by atoms with Gasteiger partial charge in [-0.2, -0.15) is 0 Å². The Balaban J connectivity index is 0.884. The Labute approximate surface area is 633 Å². The Bertz CT molecular complexity index is 5150. The van der Waals surface area contributed by atoms with Crippen molar-refractivity contribution in [1.29, 1.82) is 0 Å². The van der Waals surface area contributed by atoms with Crippen molar-refractivity contribution in [3.63, 3.8) is 0 Å². The lowest BCUT2D eigenvalue weighted by Gasteiger charge is -2.62. The first-order chi connectivity index (χ1) is 51.8. The van der Waals surface area contributed by atoms with Crippen LogP contribution in [0.3, 0.4) is 0 Å². The van der Waals surface area contributed by atoms with Gasteiger partial charge >= 0.3 is 0 Å². The van der Waals surface area contributed by atoms with Crippen molar-refractivity contribution in [2.24, 2.45) is 0 Å². The molecule has 1 saturated carbocycles. The van der Waals surface area contributed by atoms with Gasteiger partial charge in [0, 0.05) is 91.1 Å². The molecular weight excluding hydrogens is 1300 g/mol. The van der Waals surface area contributed by atoms with E-state index in [0.29, 0.717) is 6.04 Å². The highest BCUT2D eigenvalue weighted by Crippen LogP contribution is 2.63. The van der Waals surface area contributed by atoms with Gasteiger partial charge in [-0.05, 0) is 183 Å². The Hall–Kier alpha value is -10.1. The predicted molar refractivity (Wildman–Crippen MR) is 451 cm³/mol. The van der Waals surface area contributed by atoms with Crippen molar-refractivity contribution in [3.8, 4) is 56.0 Å². The molecule has 8 heteroatoms. The van der Waals surface area contributed by atoms with Gasteiger partial charge in [-0.25, -0.2) is 0 Å². The highest BCUT2D eigenvalue weighted by molar-refractivity contribution is 8.00. The molecule has 522 valence electrons. The second kappa shape index (κ2) is 27.0. The molecule has 5 nitrogen and oxygen atoms in total. The van der Waals surface area contributed by atoms with E-state index in [9.17, 15) is 0 Å². The van der Waals surface area contributed by atoms with E-state index in [4.69, 9.17) is 4.74 Å². The van der Waals surface area contributed by atoms with Crippen molar-refractivity contribution in [3.05, 3.63) is 331 Å². The number of hydrogen-bond donors (Lipinski definition) is 0. The van der Waals surface area contributed by atoms with E-state index in [1.807, 2.05) is 0 Å². The smallest absolute Gasteiger partial charge is 0.228 e. The van der Waals surface area contributed by atoms with Crippen LogP contribution in [0.1, 0.15) is 104 Å². The molecule has 4 heterocycles. The summed E-state index contributed by atoms with van der Waals surface area (Å²) < 4.78 is 7.36. The normalized spacial score (nSPS) is 21.3. The summed E-state index contributed by atoms with van der Waals surface area (Å²) in [6.07, 6.45) is 22.8. The summed E-state index contributed by atoms with van der Waals surface area (Å²) in [6, 6.07) is 105. The van der Waals surface area contributed by atoms with Gasteiger partial charge < -0.3 is 24.3 Å². The number of anilines is 6. The SMILES string of the molecule is CC(C)(C)c1ccc(-c2cccc(-c3ccc(C(C)(C)C)cc3)c2N2C3=CC4Sc5cc(N(c6ccccc6)C6CCCCC6)cc6c5B(c5ccccc5O6)C4C=C3B3C4C=CCCC4N(c4ccccc4)C4=CC(N(c5ccc(-c6ccccc6)cc5)c5cccc(-c6ccccc6)c5)CC2C34)cc1. The molecule has 0 spiro atoms. The number of rotatable bonds is 12. The van der Waals surface area contributed by atoms with Crippen LogP contribution in [0.2, 0.25) is 17.5 Å². The minimum absolute atomic E-state index is 0.0211. The molecule has 2 saturated heterocycles. The number of ether oxygens (including phenoxy) is 1. The van der Waals surface area contributed by atoms with E-state index < -0.39 is 0 Å². The molecule has 106 heavy (non-hydrogen) atoms. The molecule has 3 fully saturated rings. The number of benzene rings is 11. The second-order valence-corrected chi connectivity index (χ2v) is 34.3. The summed E-state index contributed by atoms with van der Waals surface area (Å²) >= 11 is 2.09. The molecule has 0 N–H and O–H groups in total. The lowest BCUT2D eigenvalue weighted by Crippen LogP contribution is -2.65. The van der Waals surface area contributed by atoms with E-state index in [1.165, 1.54) is 155 Å². The number of thioether (sulfide) groups is 1. The van der Waals surface area contributed by atoms with Crippen LogP contribution >= 0.6 is 11.8 Å². The van der Waals surface area contributed by atoms with Crippen LogP contribution in [0.4, 0.5) is 34.1 Å². The summed E-state index contributed by atoms with van der Waals surface area (Å²) in [5.74, 6) is 2.41. The van der Waals surface area contributed by atoms with Crippen molar-refractivity contribution >= 4 is 70.2 Å². The van der Waals surface area contributed by atoms with Gasteiger partial charge in [-0.15, -0.1) is 11.8 Å². The lowest BCUT2D eigenvalue weighted by molar-refractivity contribution is 0.435. The highest BCUT2D eigenvalue weighted by Gasteiger charge is 2.61. The van der Waals surface area contributed by atoms with Gasteiger partial charge in [0.1, 0.15) is 11.5 Å². The van der Waals surface area contributed by atoms with Crippen LogP contribution in [0.15, 0.2) is 325 Å². The molecule has 0 aromatic heterocycles. The Kier molecular flexibility index (Phi) is 17.0. The predicted octanol–water partition coefficient (Wildman–Crippen LogP) is 24.2. The van der Waals surface area contributed by atoms with Crippen molar-refractivity contribution in [2.45, 2.75) is 156 Å². The van der Waals surface area contributed by atoms with Crippen LogP contribution in [0.25, 0.3) is 44.5 Å². The van der Waals surface area contributed by atoms with E-state index in [1.54, 1.807) is 0 Å². The standard InChI is InChI=1S/C98H92B2N4OS/c1-97(2,3)71-52-46-68(47-53-71)80-40-27-41-81(69-48-54-72(55-49-69)98(4,5)6)96(80)104-87-64-92-85(100-83-43-23-25-45-90(83)105-91-61-79(62-93(106-92)95(91)100)101(73-33-16-9-17-34-73)74-35-18-10-19-36-74)63-84(87)99-82-42-22-24-44-86(82)103(75-37-20-11-21-38-75)88-59-78(60-89(104)94(88)99)102(76-56-50-67(51-57-76)65-28-12-7-13-29-65)77-39-26-32-70(58-77)66-30-14-8-15-31-66/h7-9,11-17,20-23,25-34,37-43,45-59,61-64,74,78,82,85-86,89,92,94H,10,18-19,24,35-36,44,60H2,1-6H3. The number of fused-ring (bicyclic) bond motifs is 8. The second-order valence-electron chi connectivity index (χ2n) is 33.1. The molecule has 7 unspecified atom stereocenters. The third-order valence-corrected chi connectivity index (χ3v) is 26.1.